The van der Waals surface area contributed by atoms with Gasteiger partial charge in [-0.1, -0.05) is 35.9 Å². The van der Waals surface area contributed by atoms with E-state index in [1.165, 1.54) is 4.90 Å². The Kier molecular flexibility index (Phi) is 4.12. The summed E-state index contributed by atoms with van der Waals surface area (Å²) in [5.41, 5.74) is 4.34. The quantitative estimate of drug-likeness (QED) is 0.775. The van der Waals surface area contributed by atoms with Crippen molar-refractivity contribution in [1.82, 2.24) is 4.90 Å². The van der Waals surface area contributed by atoms with Crippen LogP contribution in [0.1, 0.15) is 44.4 Å². The average Bonchev–Trinajstić information content (AvgIpc) is 2.90. The largest absolute Gasteiger partial charge is 0.450 e. The number of carbonyl (C=O) groups is 1. The molecule has 5 nitrogen and oxygen atoms in total. The predicted octanol–water partition coefficient (Wildman–Crippen LogP) is 3.26. The Labute approximate surface area is 156 Å². The Hall–Kier alpha value is -2.92. The fraction of sp³-hybridized carbons (Fsp3) is 0.273. The highest BCUT2D eigenvalue weighted by atomic mass is 16.3. The summed E-state index contributed by atoms with van der Waals surface area (Å²) in [6, 6.07) is 10.9. The summed E-state index contributed by atoms with van der Waals surface area (Å²) in [7, 11) is 0. The molecule has 1 N–H and O–H groups in total. The van der Waals surface area contributed by atoms with Gasteiger partial charge in [0.05, 0.1) is 23.6 Å². The van der Waals surface area contributed by atoms with E-state index in [9.17, 15) is 14.7 Å². The van der Waals surface area contributed by atoms with Crippen LogP contribution < -0.4 is 5.43 Å². The first-order valence-electron chi connectivity index (χ1n) is 8.98. The number of aliphatic hydroxyl groups excluding tert-OH is 1. The van der Waals surface area contributed by atoms with Crippen LogP contribution in [-0.2, 0) is 0 Å². The maximum atomic E-state index is 13.4. The van der Waals surface area contributed by atoms with Gasteiger partial charge in [0.25, 0.3) is 5.91 Å². The SMILES string of the molecule is Cc1ccc([C@@H]2c3c(oc4c(C)cc(C)cc4c3=O)C(=O)N2CCO)cc1. The van der Waals surface area contributed by atoms with Gasteiger partial charge in [-0.15, -0.1) is 0 Å². The first-order valence-corrected chi connectivity index (χ1v) is 8.98. The number of hydrogen-bond acceptors (Lipinski definition) is 4. The number of aliphatic hydroxyl groups is 1. The lowest BCUT2D eigenvalue weighted by Crippen LogP contribution is -2.32. The van der Waals surface area contributed by atoms with Crippen molar-refractivity contribution in [3.63, 3.8) is 0 Å². The molecule has 0 spiro atoms. The van der Waals surface area contributed by atoms with E-state index in [2.05, 4.69) is 0 Å². The maximum absolute atomic E-state index is 13.4. The van der Waals surface area contributed by atoms with Crippen molar-refractivity contribution in [2.75, 3.05) is 13.2 Å². The molecule has 0 fully saturated rings. The molecular weight excluding hydrogens is 342 g/mol. The summed E-state index contributed by atoms with van der Waals surface area (Å²) >= 11 is 0. The Balaban J connectivity index is 2.04. The summed E-state index contributed by atoms with van der Waals surface area (Å²) in [6.07, 6.45) is 0. The lowest BCUT2D eigenvalue weighted by molar-refractivity contribution is 0.0691. The second-order valence-corrected chi connectivity index (χ2v) is 7.17. The van der Waals surface area contributed by atoms with E-state index >= 15 is 0 Å². The third-order valence-corrected chi connectivity index (χ3v) is 5.13. The highest BCUT2D eigenvalue weighted by Crippen LogP contribution is 2.38. The van der Waals surface area contributed by atoms with Crippen LogP contribution in [0.25, 0.3) is 11.0 Å². The normalized spacial score (nSPS) is 16.2. The second-order valence-electron chi connectivity index (χ2n) is 7.17. The van der Waals surface area contributed by atoms with Gasteiger partial charge in [-0.05, 0) is 43.5 Å². The topological polar surface area (TPSA) is 70.8 Å². The van der Waals surface area contributed by atoms with Crippen LogP contribution in [0.5, 0.6) is 0 Å². The minimum Gasteiger partial charge on any atom is -0.450 e. The van der Waals surface area contributed by atoms with Crippen LogP contribution in [0.4, 0.5) is 0 Å². The monoisotopic (exact) mass is 363 g/mol. The molecule has 1 atom stereocenters. The fourth-order valence-electron chi connectivity index (χ4n) is 3.91. The number of aryl methyl sites for hydroxylation is 3. The van der Waals surface area contributed by atoms with Crippen LogP contribution in [-0.4, -0.2) is 29.1 Å². The molecule has 2 aromatic carbocycles. The summed E-state index contributed by atoms with van der Waals surface area (Å²) in [4.78, 5) is 27.9. The number of nitrogens with zero attached hydrogens (tertiary/aromatic N) is 1. The van der Waals surface area contributed by atoms with Crippen molar-refractivity contribution >= 4 is 16.9 Å². The molecule has 0 saturated heterocycles. The van der Waals surface area contributed by atoms with Crippen molar-refractivity contribution in [1.29, 1.82) is 0 Å². The highest BCUT2D eigenvalue weighted by Gasteiger charge is 2.42. The molecule has 1 aliphatic rings. The molecule has 1 aromatic heterocycles. The van der Waals surface area contributed by atoms with E-state index in [4.69, 9.17) is 4.42 Å². The Morgan fingerprint density at radius 3 is 2.41 bits per heavy atom. The van der Waals surface area contributed by atoms with E-state index in [0.717, 1.165) is 22.3 Å². The smallest absolute Gasteiger partial charge is 0.290 e. The van der Waals surface area contributed by atoms with Gasteiger partial charge in [-0.2, -0.15) is 0 Å². The average molecular weight is 363 g/mol. The standard InChI is InChI=1S/C22H21NO4/c1-12-4-6-15(7-5-12)18-17-19(25)16-11-13(2)10-14(3)20(16)27-21(17)22(26)23(18)8-9-24/h4-7,10-11,18,24H,8-9H2,1-3H3/t18-/m1/s1. The molecule has 0 bridgehead atoms. The molecular formula is C22H21NO4. The first-order chi connectivity index (χ1) is 12.9. The van der Waals surface area contributed by atoms with Crippen molar-refractivity contribution in [3.05, 3.63) is 80.2 Å². The van der Waals surface area contributed by atoms with Crippen molar-refractivity contribution < 1.29 is 14.3 Å². The molecule has 0 aliphatic carbocycles. The summed E-state index contributed by atoms with van der Waals surface area (Å²) < 4.78 is 5.96. The van der Waals surface area contributed by atoms with Gasteiger partial charge < -0.3 is 14.4 Å². The van der Waals surface area contributed by atoms with Crippen LogP contribution in [0, 0.1) is 20.8 Å². The minimum absolute atomic E-state index is 0.0819. The number of hydrogen-bond donors (Lipinski definition) is 1. The Morgan fingerprint density at radius 2 is 1.74 bits per heavy atom. The summed E-state index contributed by atoms with van der Waals surface area (Å²) in [5.74, 6) is -0.276. The highest BCUT2D eigenvalue weighted by molar-refractivity contribution is 5.99. The lowest BCUT2D eigenvalue weighted by Gasteiger charge is -2.24. The van der Waals surface area contributed by atoms with E-state index < -0.39 is 6.04 Å². The third-order valence-electron chi connectivity index (χ3n) is 5.13. The van der Waals surface area contributed by atoms with Gasteiger partial charge in [0.1, 0.15) is 5.58 Å². The number of carbonyl (C=O) groups excluding carboxylic acids is 1. The number of benzene rings is 2. The number of amides is 1. The van der Waals surface area contributed by atoms with E-state index in [-0.39, 0.29) is 30.2 Å². The van der Waals surface area contributed by atoms with E-state index in [1.807, 2.05) is 51.1 Å². The maximum Gasteiger partial charge on any atom is 0.290 e. The molecule has 0 saturated carbocycles. The van der Waals surface area contributed by atoms with Gasteiger partial charge in [0.15, 0.2) is 5.43 Å². The Morgan fingerprint density at radius 1 is 1.04 bits per heavy atom. The van der Waals surface area contributed by atoms with Crippen LogP contribution in [0.2, 0.25) is 0 Å². The predicted molar refractivity (Wildman–Crippen MR) is 103 cm³/mol. The number of fused-ring (bicyclic) bond motifs is 2. The Bertz CT molecular complexity index is 1110. The molecule has 0 unspecified atom stereocenters. The lowest BCUT2D eigenvalue weighted by atomic mass is 9.97. The van der Waals surface area contributed by atoms with Crippen LogP contribution >= 0.6 is 0 Å². The van der Waals surface area contributed by atoms with Crippen LogP contribution in [0.3, 0.4) is 0 Å². The molecule has 4 rings (SSSR count). The van der Waals surface area contributed by atoms with E-state index in [1.54, 1.807) is 6.07 Å². The zero-order valence-electron chi connectivity index (χ0n) is 15.6. The van der Waals surface area contributed by atoms with Crippen molar-refractivity contribution in [3.8, 4) is 0 Å². The van der Waals surface area contributed by atoms with Gasteiger partial charge in [-0.25, -0.2) is 0 Å². The van der Waals surface area contributed by atoms with Crippen molar-refractivity contribution in [2.24, 2.45) is 0 Å². The van der Waals surface area contributed by atoms with Gasteiger partial charge in [-0.3, -0.25) is 9.59 Å². The van der Waals surface area contributed by atoms with E-state index in [0.29, 0.717) is 16.5 Å². The molecule has 27 heavy (non-hydrogen) atoms. The fourth-order valence-corrected chi connectivity index (χ4v) is 3.91. The molecule has 3 aromatic rings. The van der Waals surface area contributed by atoms with Crippen molar-refractivity contribution in [2.45, 2.75) is 26.8 Å². The summed E-state index contributed by atoms with van der Waals surface area (Å²) in [5, 5.41) is 9.96. The van der Waals surface area contributed by atoms with Gasteiger partial charge >= 0.3 is 0 Å². The molecule has 1 amide bonds. The molecule has 0 radical (unpaired) electrons. The van der Waals surface area contributed by atoms with Gasteiger partial charge in [0.2, 0.25) is 5.76 Å². The summed E-state index contributed by atoms with van der Waals surface area (Å²) in [6.45, 7) is 5.73. The zero-order chi connectivity index (χ0) is 19.3. The van der Waals surface area contributed by atoms with Crippen LogP contribution in [0.15, 0.2) is 45.6 Å². The zero-order valence-corrected chi connectivity index (χ0v) is 15.6. The first kappa shape index (κ1) is 17.5. The number of rotatable bonds is 3. The molecule has 5 heteroatoms. The third kappa shape index (κ3) is 2.66. The van der Waals surface area contributed by atoms with Gasteiger partial charge in [0, 0.05) is 6.54 Å². The number of β-amino-alcohol motifs (C(OH)–C–C–N with tert-alkyl or cyclic N) is 1. The molecule has 1 aliphatic heterocycles. The molecule has 138 valence electrons. The second kappa shape index (κ2) is 6.35. The minimum atomic E-state index is -0.554. The molecule has 2 heterocycles.